The molecular weight excluding hydrogens is 448 g/mol. The molecule has 1 fully saturated rings. The summed E-state index contributed by atoms with van der Waals surface area (Å²) in [6, 6.07) is 9.79. The molecule has 4 aromatic rings. The zero-order chi connectivity index (χ0) is 22.6. The lowest BCUT2D eigenvalue weighted by molar-refractivity contribution is -0.132. The molecule has 1 N–H and O–H groups in total. The summed E-state index contributed by atoms with van der Waals surface area (Å²) >= 11 is 7.45. The number of aliphatic hydroxyl groups excluding tert-OH is 1. The normalized spacial score (nSPS) is 18.1. The molecule has 9 heteroatoms. The molecule has 32 heavy (non-hydrogen) atoms. The number of Topliss-reactive ketones (excluding diaryl/α,β-unsaturated/α-hetero) is 1. The Morgan fingerprint density at radius 1 is 1.19 bits per heavy atom. The monoisotopic (exact) mass is 464 g/mol. The van der Waals surface area contributed by atoms with Crippen molar-refractivity contribution in [2.75, 3.05) is 4.90 Å². The minimum Gasteiger partial charge on any atom is -0.505 e. The van der Waals surface area contributed by atoms with E-state index >= 15 is 0 Å². The highest BCUT2D eigenvalue weighted by atomic mass is 35.5. The molecule has 1 unspecified atom stereocenters. The summed E-state index contributed by atoms with van der Waals surface area (Å²) in [6.45, 7) is 3.72. The van der Waals surface area contributed by atoms with Gasteiger partial charge in [0.25, 0.3) is 5.78 Å². The Balaban J connectivity index is 1.78. The summed E-state index contributed by atoms with van der Waals surface area (Å²) in [5, 5.41) is 13.9. The number of aliphatic hydroxyl groups is 1. The summed E-state index contributed by atoms with van der Waals surface area (Å²) in [7, 11) is 0. The van der Waals surface area contributed by atoms with E-state index in [4.69, 9.17) is 11.6 Å². The number of rotatable bonds is 3. The van der Waals surface area contributed by atoms with E-state index in [9.17, 15) is 14.7 Å². The van der Waals surface area contributed by atoms with E-state index in [0.29, 0.717) is 27.1 Å². The van der Waals surface area contributed by atoms with Crippen LogP contribution < -0.4 is 4.90 Å². The van der Waals surface area contributed by atoms with E-state index in [-0.39, 0.29) is 17.0 Å². The van der Waals surface area contributed by atoms with Crippen LogP contribution in [0, 0.1) is 13.8 Å². The van der Waals surface area contributed by atoms with E-state index in [2.05, 4.69) is 9.97 Å². The molecule has 0 spiro atoms. The van der Waals surface area contributed by atoms with Gasteiger partial charge in [-0.2, -0.15) is 0 Å². The number of hydrogen-bond donors (Lipinski definition) is 1. The third-order valence-electron chi connectivity index (χ3n) is 5.54. The second-order valence-electron chi connectivity index (χ2n) is 7.47. The third kappa shape index (κ3) is 3.03. The lowest BCUT2D eigenvalue weighted by Gasteiger charge is -2.22. The van der Waals surface area contributed by atoms with Crippen molar-refractivity contribution in [1.82, 2.24) is 14.4 Å². The number of fused-ring (bicyclic) bond motifs is 1. The molecule has 1 amide bonds. The largest absolute Gasteiger partial charge is 0.505 e. The van der Waals surface area contributed by atoms with Crippen molar-refractivity contribution in [3.63, 3.8) is 0 Å². The maximum atomic E-state index is 13.2. The van der Waals surface area contributed by atoms with Crippen LogP contribution in [0.25, 0.3) is 11.4 Å². The molecule has 3 aromatic heterocycles. The number of aryl methyl sites for hydroxylation is 2. The smallest absolute Gasteiger partial charge is 0.301 e. The predicted octanol–water partition coefficient (Wildman–Crippen LogP) is 4.69. The lowest BCUT2D eigenvalue weighted by atomic mass is 9.96. The highest BCUT2D eigenvalue weighted by molar-refractivity contribution is 7.14. The van der Waals surface area contributed by atoms with E-state index in [1.807, 2.05) is 29.7 Å². The number of benzene rings is 1. The number of amides is 1. The summed E-state index contributed by atoms with van der Waals surface area (Å²) < 4.78 is 1.84. The summed E-state index contributed by atoms with van der Waals surface area (Å²) in [5.74, 6) is -1.88. The first kappa shape index (κ1) is 20.4. The second kappa shape index (κ2) is 7.58. The number of carbonyl (C=O) groups excluding carboxylic acids is 2. The molecule has 7 nitrogen and oxygen atoms in total. The molecule has 0 saturated carbocycles. The summed E-state index contributed by atoms with van der Waals surface area (Å²) in [5.41, 5.74) is 3.04. The van der Waals surface area contributed by atoms with Crippen molar-refractivity contribution in [1.29, 1.82) is 0 Å². The van der Waals surface area contributed by atoms with E-state index in [0.717, 1.165) is 5.56 Å². The molecule has 5 rings (SSSR count). The average Bonchev–Trinajstić information content (AvgIpc) is 3.47. The summed E-state index contributed by atoms with van der Waals surface area (Å²) in [4.78, 5) is 36.4. The second-order valence-corrected chi connectivity index (χ2v) is 8.78. The zero-order valence-corrected chi connectivity index (χ0v) is 18.7. The Morgan fingerprint density at radius 2 is 2.00 bits per heavy atom. The maximum Gasteiger partial charge on any atom is 0.301 e. The van der Waals surface area contributed by atoms with E-state index in [1.54, 1.807) is 42.8 Å². The summed E-state index contributed by atoms with van der Waals surface area (Å²) in [6.07, 6.45) is 3.40. The van der Waals surface area contributed by atoms with Crippen molar-refractivity contribution in [2.24, 2.45) is 0 Å². The molecule has 0 aliphatic carbocycles. The van der Waals surface area contributed by atoms with Gasteiger partial charge in [-0.05, 0) is 43.2 Å². The van der Waals surface area contributed by atoms with Crippen LogP contribution in [0.2, 0.25) is 5.02 Å². The van der Waals surface area contributed by atoms with Crippen molar-refractivity contribution in [3.8, 4) is 0 Å². The topological polar surface area (TPSA) is 87.8 Å². The zero-order valence-electron chi connectivity index (χ0n) is 17.1. The van der Waals surface area contributed by atoms with Gasteiger partial charge in [0, 0.05) is 22.8 Å². The maximum absolute atomic E-state index is 13.2. The fourth-order valence-corrected chi connectivity index (χ4v) is 4.90. The number of ketones is 1. The molecule has 1 aliphatic rings. The van der Waals surface area contributed by atoms with Crippen molar-refractivity contribution < 1.29 is 14.7 Å². The van der Waals surface area contributed by atoms with Crippen molar-refractivity contribution in [2.45, 2.75) is 19.9 Å². The Bertz CT molecular complexity index is 1420. The first-order valence-electron chi connectivity index (χ1n) is 9.79. The lowest BCUT2D eigenvalue weighted by Crippen LogP contribution is -2.29. The quantitative estimate of drug-likeness (QED) is 0.270. The average molecular weight is 465 g/mol. The van der Waals surface area contributed by atoms with Gasteiger partial charge in [0.1, 0.15) is 11.3 Å². The molecule has 0 radical (unpaired) electrons. The number of halogens is 1. The van der Waals surface area contributed by atoms with Crippen LogP contribution in [0.1, 0.15) is 28.6 Å². The van der Waals surface area contributed by atoms with Gasteiger partial charge in [-0.15, -0.1) is 11.3 Å². The van der Waals surface area contributed by atoms with E-state index < -0.39 is 17.7 Å². The fourth-order valence-electron chi connectivity index (χ4n) is 4.03. The van der Waals surface area contributed by atoms with Crippen LogP contribution in [-0.4, -0.2) is 31.2 Å². The Kier molecular flexibility index (Phi) is 4.83. The predicted molar refractivity (Wildman–Crippen MR) is 123 cm³/mol. The third-order valence-corrected chi connectivity index (χ3v) is 6.55. The van der Waals surface area contributed by atoms with Gasteiger partial charge < -0.3 is 9.51 Å². The fraction of sp³-hybridized carbons (Fsp3) is 0.130. The van der Waals surface area contributed by atoms with Crippen LogP contribution in [0.3, 0.4) is 0 Å². The highest BCUT2D eigenvalue weighted by Gasteiger charge is 2.48. The Labute approximate surface area is 192 Å². The molecule has 4 heterocycles. The molecule has 1 aliphatic heterocycles. The Hall–Kier alpha value is -3.49. The number of nitrogens with zero attached hydrogens (tertiary/aromatic N) is 4. The number of carbonyl (C=O) groups is 2. The van der Waals surface area contributed by atoms with Gasteiger partial charge in [0.05, 0.1) is 17.3 Å². The molecule has 1 aromatic carbocycles. The number of pyridine rings is 1. The van der Waals surface area contributed by atoms with Crippen LogP contribution >= 0.6 is 22.9 Å². The van der Waals surface area contributed by atoms with Gasteiger partial charge in [-0.3, -0.25) is 14.5 Å². The number of thiazole rings is 1. The highest BCUT2D eigenvalue weighted by Crippen LogP contribution is 2.43. The number of hydrogen-bond acceptors (Lipinski definition) is 6. The number of imidazole rings is 1. The Morgan fingerprint density at radius 3 is 2.69 bits per heavy atom. The van der Waals surface area contributed by atoms with Crippen molar-refractivity contribution in [3.05, 3.63) is 87.3 Å². The SMILES string of the molecule is Cc1cccn2c(C)c(C(O)=C3C(=O)C(=O)N(c4nccs4)C3c3cccc(Cl)c3)nc12. The molecule has 1 atom stereocenters. The van der Waals surface area contributed by atoms with Crippen LogP contribution in [0.5, 0.6) is 0 Å². The van der Waals surface area contributed by atoms with Crippen molar-refractivity contribution >= 4 is 51.2 Å². The van der Waals surface area contributed by atoms with Crippen LogP contribution in [0.15, 0.2) is 59.7 Å². The molecule has 1 saturated heterocycles. The van der Waals surface area contributed by atoms with Gasteiger partial charge >= 0.3 is 5.91 Å². The first-order valence-corrected chi connectivity index (χ1v) is 11.0. The molecular formula is C23H17ClN4O3S. The first-order chi connectivity index (χ1) is 15.4. The minimum atomic E-state index is -0.884. The van der Waals surface area contributed by atoms with Gasteiger partial charge in [-0.1, -0.05) is 29.8 Å². The van der Waals surface area contributed by atoms with Crippen LogP contribution in [0.4, 0.5) is 5.13 Å². The van der Waals surface area contributed by atoms with Gasteiger partial charge in [-0.25, -0.2) is 9.97 Å². The van der Waals surface area contributed by atoms with E-state index in [1.165, 1.54) is 16.2 Å². The van der Waals surface area contributed by atoms with Gasteiger partial charge in [0.15, 0.2) is 10.9 Å². The number of anilines is 1. The van der Waals surface area contributed by atoms with Gasteiger partial charge in [0.2, 0.25) is 0 Å². The minimum absolute atomic E-state index is 0.0448. The molecule has 160 valence electrons. The van der Waals surface area contributed by atoms with Crippen LogP contribution in [-0.2, 0) is 9.59 Å². The standard InChI is InChI=1S/C23H17ClN4O3S/c1-12-5-4-9-27-13(2)17(26-21(12)27)19(29)16-18(14-6-3-7-15(24)11-14)28(22(31)20(16)30)23-25-8-10-32-23/h3-11,18,29H,1-2H3. The number of aromatic nitrogens is 3. The molecule has 0 bridgehead atoms.